The van der Waals surface area contributed by atoms with Gasteiger partial charge < -0.3 is 8.83 Å². The normalized spacial score (nSPS) is 24.9. The lowest BCUT2D eigenvalue weighted by Crippen LogP contribution is -2.03. The van der Waals surface area contributed by atoms with E-state index in [4.69, 9.17) is 8.83 Å². The van der Waals surface area contributed by atoms with Gasteiger partial charge in [0.1, 0.15) is 0 Å². The van der Waals surface area contributed by atoms with Crippen LogP contribution in [0.15, 0.2) is 118 Å². The van der Waals surface area contributed by atoms with Crippen LogP contribution >= 0.6 is 0 Å². The Labute approximate surface area is 233 Å². The summed E-state index contributed by atoms with van der Waals surface area (Å²) in [6.07, 6.45) is 3.11. The number of ketones is 2. The molecule has 2 saturated carbocycles. The molecule has 0 radical (unpaired) electrons. The molecule has 2 aromatic heterocycles. The average Bonchev–Trinajstić information content (AvgIpc) is 3.68. The molecular weight excluding hydrogens is 496 g/mol. The molecule has 3 aromatic carbocycles. The number of benzene rings is 3. The summed E-state index contributed by atoms with van der Waals surface area (Å²) in [7, 11) is 0. The van der Waals surface area contributed by atoms with E-state index < -0.39 is 0 Å². The fourth-order valence-electron chi connectivity index (χ4n) is 6.62. The van der Waals surface area contributed by atoms with Crippen LogP contribution in [0.5, 0.6) is 0 Å². The van der Waals surface area contributed by atoms with Gasteiger partial charge in [-0.3, -0.25) is 9.59 Å². The molecule has 0 bridgehead atoms. The smallest absolute Gasteiger partial charge is 0.202 e. The predicted molar refractivity (Wildman–Crippen MR) is 153 cm³/mol. The Hall–Kier alpha value is -4.44. The van der Waals surface area contributed by atoms with Crippen LogP contribution in [-0.4, -0.2) is 11.6 Å². The number of hydrogen-bond donors (Lipinski definition) is 0. The topological polar surface area (TPSA) is 60.4 Å². The molecule has 2 aliphatic carbocycles. The second kappa shape index (κ2) is 9.63. The number of Topliss-reactive ketones (excluding diaryl/α,β-unsaturated/α-hetero) is 2. The van der Waals surface area contributed by atoms with Gasteiger partial charge in [-0.1, -0.05) is 83.9 Å². The van der Waals surface area contributed by atoms with Crippen molar-refractivity contribution >= 4 is 11.6 Å². The van der Waals surface area contributed by atoms with Crippen LogP contribution in [-0.2, 0) is 0 Å². The first-order chi connectivity index (χ1) is 19.5. The van der Waals surface area contributed by atoms with Gasteiger partial charge in [0.2, 0.25) is 11.6 Å². The monoisotopic (exact) mass is 526 g/mol. The van der Waals surface area contributed by atoms with Gasteiger partial charge in [0, 0.05) is 35.5 Å². The minimum absolute atomic E-state index is 0.0513. The Morgan fingerprint density at radius 2 is 0.775 bits per heavy atom. The van der Waals surface area contributed by atoms with Crippen molar-refractivity contribution in [3.05, 3.63) is 154 Å². The summed E-state index contributed by atoms with van der Waals surface area (Å²) < 4.78 is 11.0. The van der Waals surface area contributed by atoms with Crippen molar-refractivity contribution in [2.45, 2.75) is 37.5 Å². The standard InChI is InChI=1S/C36H30O4/c1-21-7-11-23(12-8-21)29-31(33(29)35(37)27-5-3-19-39-27)25-15-17-26(18-16-25)32-30(24-13-9-22(2)10-14-24)34(32)36(38)28-6-4-20-40-28/h3-20,29-34H,1-2H3. The van der Waals surface area contributed by atoms with E-state index in [1.165, 1.54) is 22.3 Å². The minimum atomic E-state index is -0.158. The van der Waals surface area contributed by atoms with E-state index in [9.17, 15) is 9.59 Å². The third-order valence-electron chi connectivity index (χ3n) is 8.80. The summed E-state index contributed by atoms with van der Waals surface area (Å²) in [6.45, 7) is 4.15. The van der Waals surface area contributed by atoms with Crippen molar-refractivity contribution in [2.75, 3.05) is 0 Å². The van der Waals surface area contributed by atoms with Crippen LogP contribution in [0.2, 0.25) is 0 Å². The van der Waals surface area contributed by atoms with E-state index in [0.29, 0.717) is 11.5 Å². The van der Waals surface area contributed by atoms with Gasteiger partial charge in [-0.15, -0.1) is 0 Å². The molecule has 2 heterocycles. The molecule has 7 rings (SSSR count). The van der Waals surface area contributed by atoms with Crippen LogP contribution in [0.4, 0.5) is 0 Å². The molecule has 5 aromatic rings. The lowest BCUT2D eigenvalue weighted by Gasteiger charge is -2.05. The first kappa shape index (κ1) is 24.6. The van der Waals surface area contributed by atoms with E-state index in [-0.39, 0.29) is 47.1 Å². The maximum absolute atomic E-state index is 13.4. The van der Waals surface area contributed by atoms with Crippen LogP contribution in [0.3, 0.4) is 0 Å². The number of furan rings is 2. The first-order valence-electron chi connectivity index (χ1n) is 13.9. The van der Waals surface area contributed by atoms with Crippen LogP contribution in [0, 0.1) is 25.7 Å². The summed E-state index contributed by atoms with van der Waals surface area (Å²) in [5, 5.41) is 0. The number of carbonyl (C=O) groups excluding carboxylic acids is 2. The Morgan fingerprint density at radius 3 is 1.05 bits per heavy atom. The third-order valence-corrected chi connectivity index (χ3v) is 8.80. The molecule has 2 fully saturated rings. The van der Waals surface area contributed by atoms with Crippen molar-refractivity contribution in [3.8, 4) is 0 Å². The number of rotatable bonds is 8. The molecule has 0 spiro atoms. The second-order valence-electron chi connectivity index (χ2n) is 11.3. The highest BCUT2D eigenvalue weighted by Crippen LogP contribution is 2.64. The SMILES string of the molecule is Cc1ccc(C2C(C(=O)c3ccco3)C2c2ccc(C3C(C(=O)c4ccco4)C3c3ccc(C)cc3)cc2)cc1. The summed E-state index contributed by atoms with van der Waals surface area (Å²) in [6, 6.07) is 32.6. The molecule has 40 heavy (non-hydrogen) atoms. The van der Waals surface area contributed by atoms with Gasteiger partial charge in [-0.25, -0.2) is 0 Å². The van der Waals surface area contributed by atoms with E-state index in [1.54, 1.807) is 36.8 Å². The Balaban J connectivity index is 1.19. The quantitative estimate of drug-likeness (QED) is 0.191. The fraction of sp³-hybridized carbons (Fsp3) is 0.222. The van der Waals surface area contributed by atoms with Gasteiger partial charge in [-0.2, -0.15) is 0 Å². The van der Waals surface area contributed by atoms with Crippen molar-refractivity contribution in [1.82, 2.24) is 0 Å². The summed E-state index contributed by atoms with van der Waals surface area (Å²) in [5.74, 6) is 1.01. The maximum Gasteiger partial charge on any atom is 0.202 e. The molecule has 4 nitrogen and oxygen atoms in total. The maximum atomic E-state index is 13.4. The highest BCUT2D eigenvalue weighted by Gasteiger charge is 2.58. The second-order valence-corrected chi connectivity index (χ2v) is 11.3. The van der Waals surface area contributed by atoms with E-state index in [1.807, 2.05) is 0 Å². The lowest BCUT2D eigenvalue weighted by molar-refractivity contribution is 0.0928. The third kappa shape index (κ3) is 4.24. The van der Waals surface area contributed by atoms with Crippen LogP contribution in [0.25, 0.3) is 0 Å². The molecule has 6 atom stereocenters. The average molecular weight is 527 g/mol. The Kier molecular flexibility index (Phi) is 5.92. The fourth-order valence-corrected chi connectivity index (χ4v) is 6.62. The Morgan fingerprint density at radius 1 is 0.475 bits per heavy atom. The van der Waals surface area contributed by atoms with Crippen molar-refractivity contribution in [1.29, 1.82) is 0 Å². The molecule has 0 aliphatic heterocycles. The van der Waals surface area contributed by atoms with E-state index >= 15 is 0 Å². The molecule has 0 N–H and O–H groups in total. The molecule has 198 valence electrons. The highest BCUT2D eigenvalue weighted by molar-refractivity contribution is 6.00. The summed E-state index contributed by atoms with van der Waals surface area (Å²) in [5.41, 5.74) is 7.03. The zero-order valence-corrected chi connectivity index (χ0v) is 22.5. The number of carbonyl (C=O) groups is 2. The van der Waals surface area contributed by atoms with E-state index in [2.05, 4.69) is 86.6 Å². The van der Waals surface area contributed by atoms with Gasteiger partial charge in [0.25, 0.3) is 0 Å². The number of aryl methyl sites for hydroxylation is 2. The minimum Gasteiger partial charge on any atom is -0.461 e. The number of hydrogen-bond acceptors (Lipinski definition) is 4. The van der Waals surface area contributed by atoms with Gasteiger partial charge in [-0.05, 0) is 60.4 Å². The molecule has 0 amide bonds. The highest BCUT2D eigenvalue weighted by atomic mass is 16.3. The zero-order chi connectivity index (χ0) is 27.4. The molecule has 6 unspecified atom stereocenters. The largest absolute Gasteiger partial charge is 0.461 e. The van der Waals surface area contributed by atoms with Crippen LogP contribution in [0.1, 0.15) is 78.2 Å². The van der Waals surface area contributed by atoms with Gasteiger partial charge in [0.05, 0.1) is 12.5 Å². The zero-order valence-electron chi connectivity index (χ0n) is 22.5. The molecule has 2 aliphatic rings. The van der Waals surface area contributed by atoms with Crippen molar-refractivity contribution in [3.63, 3.8) is 0 Å². The molecule has 4 heteroatoms. The van der Waals surface area contributed by atoms with Crippen LogP contribution < -0.4 is 0 Å². The Bertz CT molecular complexity index is 1520. The summed E-state index contributed by atoms with van der Waals surface area (Å²) >= 11 is 0. The van der Waals surface area contributed by atoms with Crippen molar-refractivity contribution < 1.29 is 18.4 Å². The van der Waals surface area contributed by atoms with Gasteiger partial charge in [0.15, 0.2) is 11.5 Å². The molecule has 0 saturated heterocycles. The van der Waals surface area contributed by atoms with Crippen molar-refractivity contribution in [2.24, 2.45) is 11.8 Å². The summed E-state index contributed by atoms with van der Waals surface area (Å²) in [4.78, 5) is 26.8. The van der Waals surface area contributed by atoms with E-state index in [0.717, 1.165) is 11.1 Å². The molecular formula is C36H30O4. The predicted octanol–water partition coefficient (Wildman–Crippen LogP) is 8.25. The lowest BCUT2D eigenvalue weighted by atomic mass is 9.99. The van der Waals surface area contributed by atoms with Gasteiger partial charge >= 0.3 is 0 Å². The first-order valence-corrected chi connectivity index (χ1v) is 13.9.